The minimum atomic E-state index is -4.51. The molecule has 2 aromatic rings. The van der Waals surface area contributed by atoms with Crippen molar-refractivity contribution in [1.82, 2.24) is 19.6 Å². The summed E-state index contributed by atoms with van der Waals surface area (Å²) in [5.74, 6) is -0.132. The van der Waals surface area contributed by atoms with Crippen molar-refractivity contribution in [1.29, 1.82) is 0 Å². The fourth-order valence-corrected chi connectivity index (χ4v) is 4.00. The Kier molecular flexibility index (Phi) is 6.01. The summed E-state index contributed by atoms with van der Waals surface area (Å²) < 4.78 is 40.3. The van der Waals surface area contributed by atoms with Crippen LogP contribution < -0.4 is 0 Å². The van der Waals surface area contributed by atoms with Gasteiger partial charge in [0.25, 0.3) is 0 Å². The summed E-state index contributed by atoms with van der Waals surface area (Å²) in [6.07, 6.45) is -2.83. The summed E-state index contributed by atoms with van der Waals surface area (Å²) in [6, 6.07) is 6.59. The number of amides is 1. The SMILES string of the molecule is O=C(Cn1nc(C(F)(F)F)cc1C1CC1)N1CCN(Cc2ccc(Cl)c(Cl)c2)CC1. The van der Waals surface area contributed by atoms with E-state index in [1.807, 2.05) is 12.1 Å². The van der Waals surface area contributed by atoms with Crippen molar-refractivity contribution < 1.29 is 18.0 Å². The molecule has 0 unspecified atom stereocenters. The maximum Gasteiger partial charge on any atom is 0.435 e. The number of carbonyl (C=O) groups is 1. The summed E-state index contributed by atoms with van der Waals surface area (Å²) in [7, 11) is 0. The molecule has 1 amide bonds. The second-order valence-corrected chi connectivity index (χ2v) is 8.60. The molecule has 30 heavy (non-hydrogen) atoms. The van der Waals surface area contributed by atoms with Crippen molar-refractivity contribution in [3.05, 3.63) is 51.3 Å². The van der Waals surface area contributed by atoms with Gasteiger partial charge in [-0.3, -0.25) is 14.4 Å². The molecule has 1 saturated carbocycles. The molecule has 4 rings (SSSR count). The number of aromatic nitrogens is 2. The molecule has 1 saturated heterocycles. The monoisotopic (exact) mass is 460 g/mol. The van der Waals surface area contributed by atoms with Crippen molar-refractivity contribution in [3.8, 4) is 0 Å². The first-order chi connectivity index (χ1) is 14.2. The van der Waals surface area contributed by atoms with E-state index in [-0.39, 0.29) is 18.4 Å². The van der Waals surface area contributed by atoms with E-state index in [1.54, 1.807) is 11.0 Å². The number of nitrogens with zero attached hydrogens (tertiary/aromatic N) is 4. The van der Waals surface area contributed by atoms with Gasteiger partial charge in [0.1, 0.15) is 6.54 Å². The first-order valence-electron chi connectivity index (χ1n) is 9.79. The van der Waals surface area contributed by atoms with Gasteiger partial charge >= 0.3 is 6.18 Å². The molecule has 162 valence electrons. The van der Waals surface area contributed by atoms with Crippen molar-refractivity contribution in [2.24, 2.45) is 0 Å². The van der Waals surface area contributed by atoms with Crippen LogP contribution in [0.25, 0.3) is 0 Å². The van der Waals surface area contributed by atoms with Crippen LogP contribution in [0.3, 0.4) is 0 Å². The van der Waals surface area contributed by atoms with Crippen molar-refractivity contribution in [2.75, 3.05) is 26.2 Å². The highest BCUT2D eigenvalue weighted by Crippen LogP contribution is 2.42. The van der Waals surface area contributed by atoms with Crippen LogP contribution >= 0.6 is 23.2 Å². The highest BCUT2D eigenvalue weighted by Gasteiger charge is 2.38. The average Bonchev–Trinajstić information content (AvgIpc) is 3.44. The quantitative estimate of drug-likeness (QED) is 0.662. The summed E-state index contributed by atoms with van der Waals surface area (Å²) in [5.41, 5.74) is 0.618. The van der Waals surface area contributed by atoms with Gasteiger partial charge in [-0.25, -0.2) is 0 Å². The summed E-state index contributed by atoms with van der Waals surface area (Å²) in [6.45, 7) is 2.93. The highest BCUT2D eigenvalue weighted by atomic mass is 35.5. The van der Waals surface area contributed by atoms with Crippen LogP contribution in [-0.4, -0.2) is 51.7 Å². The Morgan fingerprint density at radius 2 is 1.77 bits per heavy atom. The second-order valence-electron chi connectivity index (χ2n) is 7.79. The number of halogens is 5. The second kappa shape index (κ2) is 8.40. The molecule has 2 heterocycles. The molecule has 1 aliphatic heterocycles. The van der Waals surface area contributed by atoms with Crippen LogP contribution in [0.1, 0.15) is 35.7 Å². The minimum Gasteiger partial charge on any atom is -0.339 e. The van der Waals surface area contributed by atoms with Gasteiger partial charge in [0, 0.05) is 44.3 Å². The third-order valence-corrected chi connectivity index (χ3v) is 6.24. The number of alkyl halides is 3. The Bertz CT molecular complexity index is 935. The summed E-state index contributed by atoms with van der Waals surface area (Å²) >= 11 is 12.0. The molecule has 1 aliphatic carbocycles. The average molecular weight is 461 g/mol. The molecule has 0 N–H and O–H groups in total. The Morgan fingerprint density at radius 3 is 2.37 bits per heavy atom. The maximum atomic E-state index is 13.0. The van der Waals surface area contributed by atoms with E-state index in [0.29, 0.717) is 48.5 Å². The lowest BCUT2D eigenvalue weighted by molar-refractivity contribution is -0.142. The topological polar surface area (TPSA) is 41.4 Å². The van der Waals surface area contributed by atoms with Gasteiger partial charge in [0.2, 0.25) is 5.91 Å². The first kappa shape index (κ1) is 21.5. The van der Waals surface area contributed by atoms with Crippen LogP contribution in [0.5, 0.6) is 0 Å². The molecule has 1 aromatic carbocycles. The summed E-state index contributed by atoms with van der Waals surface area (Å²) in [4.78, 5) is 16.6. The lowest BCUT2D eigenvalue weighted by Gasteiger charge is -2.35. The number of hydrogen-bond donors (Lipinski definition) is 0. The van der Waals surface area contributed by atoms with Crippen molar-refractivity contribution in [2.45, 2.75) is 38.0 Å². The van der Waals surface area contributed by atoms with Gasteiger partial charge in [0.15, 0.2) is 5.69 Å². The number of rotatable bonds is 5. The molecule has 0 spiro atoms. The van der Waals surface area contributed by atoms with E-state index in [0.717, 1.165) is 24.5 Å². The zero-order chi connectivity index (χ0) is 21.5. The standard InChI is InChI=1S/C20H21Cl2F3N4O/c21-15-4-1-13(9-16(15)22)11-27-5-7-28(8-6-27)19(30)12-29-17(14-2-3-14)10-18(26-29)20(23,24)25/h1,4,9-10,14H,2-3,5-8,11-12H2. The Balaban J connectivity index is 1.34. The predicted molar refractivity (Wildman–Crippen MR) is 108 cm³/mol. The lowest BCUT2D eigenvalue weighted by atomic mass is 10.2. The molecular weight excluding hydrogens is 440 g/mol. The van der Waals surface area contributed by atoms with Gasteiger partial charge in [-0.15, -0.1) is 0 Å². The van der Waals surface area contributed by atoms with Gasteiger partial charge in [0.05, 0.1) is 10.0 Å². The van der Waals surface area contributed by atoms with Gasteiger partial charge in [-0.1, -0.05) is 29.3 Å². The Morgan fingerprint density at radius 1 is 1.07 bits per heavy atom. The predicted octanol–water partition coefficient (Wildman–Crippen LogP) is 4.43. The number of hydrogen-bond acceptors (Lipinski definition) is 3. The van der Waals surface area contributed by atoms with E-state index in [1.165, 1.54) is 4.68 Å². The molecule has 10 heteroatoms. The van der Waals surface area contributed by atoms with Gasteiger partial charge in [-0.2, -0.15) is 18.3 Å². The normalized spacial score (nSPS) is 18.1. The molecule has 5 nitrogen and oxygen atoms in total. The zero-order valence-electron chi connectivity index (χ0n) is 16.1. The number of carbonyl (C=O) groups excluding carboxylic acids is 1. The third-order valence-electron chi connectivity index (χ3n) is 5.50. The van der Waals surface area contributed by atoms with Crippen molar-refractivity contribution in [3.63, 3.8) is 0 Å². The zero-order valence-corrected chi connectivity index (χ0v) is 17.6. The number of benzene rings is 1. The van der Waals surface area contributed by atoms with E-state index in [2.05, 4.69) is 10.00 Å². The largest absolute Gasteiger partial charge is 0.435 e. The first-order valence-corrected chi connectivity index (χ1v) is 10.6. The smallest absolute Gasteiger partial charge is 0.339 e. The fraction of sp³-hybridized carbons (Fsp3) is 0.500. The fourth-order valence-electron chi connectivity index (χ4n) is 3.68. The van der Waals surface area contributed by atoms with Crippen LogP contribution in [0.4, 0.5) is 13.2 Å². The molecule has 2 aliphatic rings. The highest BCUT2D eigenvalue weighted by molar-refractivity contribution is 6.42. The number of piperazine rings is 1. The van der Waals surface area contributed by atoms with E-state index >= 15 is 0 Å². The van der Waals surface area contributed by atoms with Crippen LogP contribution in [0.2, 0.25) is 10.0 Å². The third kappa shape index (κ3) is 4.92. The van der Waals surface area contributed by atoms with Crippen LogP contribution in [0.15, 0.2) is 24.3 Å². The Labute approximate surface area is 182 Å². The minimum absolute atomic E-state index is 0.0736. The molecule has 2 fully saturated rings. The molecule has 0 bridgehead atoms. The van der Waals surface area contributed by atoms with E-state index < -0.39 is 11.9 Å². The van der Waals surface area contributed by atoms with E-state index in [9.17, 15) is 18.0 Å². The molecule has 0 radical (unpaired) electrons. The Hall–Kier alpha value is -1.77. The van der Waals surface area contributed by atoms with Crippen LogP contribution in [-0.2, 0) is 24.1 Å². The molecule has 1 aromatic heterocycles. The van der Waals surface area contributed by atoms with Crippen molar-refractivity contribution >= 4 is 29.1 Å². The summed E-state index contributed by atoms with van der Waals surface area (Å²) in [5, 5.41) is 4.69. The molecular formula is C20H21Cl2F3N4O. The van der Waals surface area contributed by atoms with Gasteiger partial charge in [-0.05, 0) is 36.6 Å². The van der Waals surface area contributed by atoms with E-state index in [4.69, 9.17) is 23.2 Å². The van der Waals surface area contributed by atoms with Gasteiger partial charge < -0.3 is 4.90 Å². The lowest BCUT2D eigenvalue weighted by Crippen LogP contribution is -2.49. The maximum absolute atomic E-state index is 13.0. The molecule has 0 atom stereocenters. The van der Waals surface area contributed by atoms with Crippen LogP contribution in [0, 0.1) is 0 Å².